The van der Waals surface area contributed by atoms with Crippen LogP contribution in [0.4, 0.5) is 0 Å². The molecule has 0 spiro atoms. The second kappa shape index (κ2) is 7.93. The largest absolute Gasteiger partial charge is 0.353 e. The van der Waals surface area contributed by atoms with E-state index in [1.165, 1.54) is 12.8 Å². The van der Waals surface area contributed by atoms with E-state index in [1.807, 2.05) is 6.92 Å². The lowest BCUT2D eigenvalue weighted by molar-refractivity contribution is -0.125. The Kier molecular flexibility index (Phi) is 7.80. The van der Waals surface area contributed by atoms with Crippen LogP contribution in [0.5, 0.6) is 0 Å². The van der Waals surface area contributed by atoms with Crippen LogP contribution < -0.4 is 11.1 Å². The van der Waals surface area contributed by atoms with Crippen LogP contribution >= 0.6 is 12.4 Å². The minimum absolute atomic E-state index is 0. The van der Waals surface area contributed by atoms with E-state index in [-0.39, 0.29) is 24.2 Å². The maximum atomic E-state index is 11.7. The van der Waals surface area contributed by atoms with E-state index in [0.29, 0.717) is 12.6 Å². The predicted octanol–water partition coefficient (Wildman–Crippen LogP) is 2.33. The highest BCUT2D eigenvalue weighted by atomic mass is 35.5. The van der Waals surface area contributed by atoms with Crippen LogP contribution in [-0.4, -0.2) is 18.5 Å². The summed E-state index contributed by atoms with van der Waals surface area (Å²) in [5, 5.41) is 3.14. The fraction of sp³-hybridized carbons (Fsp3) is 0.923. The Morgan fingerprint density at radius 1 is 1.35 bits per heavy atom. The number of amides is 1. The van der Waals surface area contributed by atoms with Crippen molar-refractivity contribution < 1.29 is 4.79 Å². The van der Waals surface area contributed by atoms with Gasteiger partial charge >= 0.3 is 0 Å². The number of hydrogen-bond donors (Lipinski definition) is 2. The molecule has 0 aromatic carbocycles. The van der Waals surface area contributed by atoms with Crippen molar-refractivity contribution >= 4 is 18.3 Å². The molecule has 3 atom stereocenters. The first-order valence-electron chi connectivity index (χ1n) is 6.55. The van der Waals surface area contributed by atoms with E-state index < -0.39 is 0 Å². The van der Waals surface area contributed by atoms with Crippen molar-refractivity contribution in [3.05, 3.63) is 0 Å². The highest BCUT2D eigenvalue weighted by Crippen LogP contribution is 2.29. The van der Waals surface area contributed by atoms with E-state index >= 15 is 0 Å². The van der Waals surface area contributed by atoms with Gasteiger partial charge in [0.2, 0.25) is 5.91 Å². The molecule has 17 heavy (non-hydrogen) atoms. The molecule has 3 N–H and O–H groups in total. The van der Waals surface area contributed by atoms with E-state index in [2.05, 4.69) is 19.2 Å². The minimum Gasteiger partial charge on any atom is -0.353 e. The summed E-state index contributed by atoms with van der Waals surface area (Å²) < 4.78 is 0. The summed E-state index contributed by atoms with van der Waals surface area (Å²) in [7, 11) is 0. The lowest BCUT2D eigenvalue weighted by Gasteiger charge is -2.32. The van der Waals surface area contributed by atoms with Gasteiger partial charge in [0, 0.05) is 18.5 Å². The Bertz CT molecular complexity index is 233. The van der Waals surface area contributed by atoms with Gasteiger partial charge in [-0.2, -0.15) is 0 Å². The first-order valence-corrected chi connectivity index (χ1v) is 6.55. The molecule has 1 fully saturated rings. The molecule has 1 aliphatic rings. The molecule has 0 saturated heterocycles. The van der Waals surface area contributed by atoms with Gasteiger partial charge in [0.05, 0.1) is 0 Å². The maximum Gasteiger partial charge on any atom is 0.224 e. The first-order chi connectivity index (χ1) is 7.54. The Balaban J connectivity index is 0.00000256. The van der Waals surface area contributed by atoms with Gasteiger partial charge in [0.1, 0.15) is 0 Å². The fourth-order valence-corrected chi connectivity index (χ4v) is 2.41. The normalized spacial score (nSPS) is 26.2. The van der Waals surface area contributed by atoms with E-state index in [4.69, 9.17) is 5.73 Å². The molecule has 3 nitrogen and oxygen atoms in total. The molecule has 0 radical (unpaired) electrons. The number of hydrogen-bond acceptors (Lipinski definition) is 2. The summed E-state index contributed by atoms with van der Waals surface area (Å²) >= 11 is 0. The smallest absolute Gasteiger partial charge is 0.224 e. The van der Waals surface area contributed by atoms with Crippen molar-refractivity contribution in [1.82, 2.24) is 5.32 Å². The van der Waals surface area contributed by atoms with Crippen LogP contribution in [0.1, 0.15) is 46.5 Å². The van der Waals surface area contributed by atoms with E-state index in [0.717, 1.165) is 24.7 Å². The van der Waals surface area contributed by atoms with Gasteiger partial charge in [-0.25, -0.2) is 0 Å². The maximum absolute atomic E-state index is 11.7. The second-order valence-corrected chi connectivity index (χ2v) is 5.51. The number of nitrogens with two attached hydrogens (primary N) is 1. The van der Waals surface area contributed by atoms with Crippen LogP contribution in [0.15, 0.2) is 0 Å². The number of rotatable bonds is 4. The van der Waals surface area contributed by atoms with Crippen molar-refractivity contribution in [1.29, 1.82) is 0 Å². The molecule has 1 saturated carbocycles. The molecule has 4 heteroatoms. The SMILES string of the molecule is CC(CN)C(=O)NC1CCCC(C(C)C)C1.Cl. The van der Waals surface area contributed by atoms with Crippen LogP contribution in [0.2, 0.25) is 0 Å². The molecule has 0 aliphatic heterocycles. The van der Waals surface area contributed by atoms with Crippen molar-refractivity contribution in [2.45, 2.75) is 52.5 Å². The molecule has 1 rings (SSSR count). The standard InChI is InChI=1S/C13H26N2O.ClH/c1-9(2)11-5-4-6-12(7-11)15-13(16)10(3)8-14;/h9-12H,4-8,14H2,1-3H3,(H,15,16);1H. The quantitative estimate of drug-likeness (QED) is 0.817. The van der Waals surface area contributed by atoms with Gasteiger partial charge in [-0.05, 0) is 24.7 Å². The molecule has 1 amide bonds. The van der Waals surface area contributed by atoms with Crippen LogP contribution in [0, 0.1) is 17.8 Å². The molecule has 102 valence electrons. The van der Waals surface area contributed by atoms with Gasteiger partial charge < -0.3 is 11.1 Å². The molecular weight excluding hydrogens is 236 g/mol. The van der Waals surface area contributed by atoms with Crippen molar-refractivity contribution in [3.8, 4) is 0 Å². The number of carbonyl (C=O) groups is 1. The second-order valence-electron chi connectivity index (χ2n) is 5.51. The summed E-state index contributed by atoms with van der Waals surface area (Å²) in [6.45, 7) is 6.87. The zero-order valence-corrected chi connectivity index (χ0v) is 12.1. The molecule has 3 unspecified atom stereocenters. The molecule has 0 bridgehead atoms. The van der Waals surface area contributed by atoms with Gasteiger partial charge in [0.15, 0.2) is 0 Å². The third-order valence-electron chi connectivity index (χ3n) is 3.81. The third-order valence-corrected chi connectivity index (χ3v) is 3.81. The third kappa shape index (κ3) is 5.26. The van der Waals surface area contributed by atoms with Crippen molar-refractivity contribution in [2.24, 2.45) is 23.5 Å². The summed E-state index contributed by atoms with van der Waals surface area (Å²) in [6.07, 6.45) is 4.83. The predicted molar refractivity (Wildman–Crippen MR) is 74.2 cm³/mol. The number of carbonyl (C=O) groups excluding carboxylic acids is 1. The topological polar surface area (TPSA) is 55.1 Å². The molecule has 1 aliphatic carbocycles. The summed E-state index contributed by atoms with van der Waals surface area (Å²) in [5.41, 5.74) is 5.49. The zero-order chi connectivity index (χ0) is 12.1. The average Bonchev–Trinajstić information content (AvgIpc) is 2.28. The summed E-state index contributed by atoms with van der Waals surface area (Å²) in [6, 6.07) is 0.377. The van der Waals surface area contributed by atoms with Gasteiger partial charge in [0.25, 0.3) is 0 Å². The monoisotopic (exact) mass is 262 g/mol. The lowest BCUT2D eigenvalue weighted by Crippen LogP contribution is -2.43. The molecule has 0 aromatic heterocycles. The Labute approximate surface area is 111 Å². The Morgan fingerprint density at radius 3 is 2.53 bits per heavy atom. The van der Waals surface area contributed by atoms with Gasteiger partial charge in [-0.3, -0.25) is 4.79 Å². The Hall–Kier alpha value is -0.280. The molecule has 0 aromatic rings. The highest BCUT2D eigenvalue weighted by molar-refractivity contribution is 5.85. The first kappa shape index (κ1) is 16.7. The lowest BCUT2D eigenvalue weighted by atomic mass is 9.79. The Morgan fingerprint density at radius 2 is 2.00 bits per heavy atom. The zero-order valence-electron chi connectivity index (χ0n) is 11.2. The van der Waals surface area contributed by atoms with Crippen LogP contribution in [0.3, 0.4) is 0 Å². The van der Waals surface area contributed by atoms with Gasteiger partial charge in [-0.1, -0.05) is 33.6 Å². The van der Waals surface area contributed by atoms with E-state index in [1.54, 1.807) is 0 Å². The average molecular weight is 263 g/mol. The number of nitrogens with one attached hydrogen (secondary N) is 1. The molecular formula is C13H27ClN2O. The van der Waals surface area contributed by atoms with Gasteiger partial charge in [-0.15, -0.1) is 12.4 Å². The van der Waals surface area contributed by atoms with Crippen LogP contribution in [0.25, 0.3) is 0 Å². The fourth-order valence-electron chi connectivity index (χ4n) is 2.41. The highest BCUT2D eigenvalue weighted by Gasteiger charge is 2.25. The van der Waals surface area contributed by atoms with Crippen LogP contribution in [-0.2, 0) is 4.79 Å². The summed E-state index contributed by atoms with van der Waals surface area (Å²) in [4.78, 5) is 11.7. The number of halogens is 1. The van der Waals surface area contributed by atoms with Crippen molar-refractivity contribution in [3.63, 3.8) is 0 Å². The minimum atomic E-state index is -0.0561. The summed E-state index contributed by atoms with van der Waals surface area (Å²) in [5.74, 6) is 1.56. The van der Waals surface area contributed by atoms with Crippen molar-refractivity contribution in [2.75, 3.05) is 6.54 Å². The molecule has 0 heterocycles. The van der Waals surface area contributed by atoms with E-state index in [9.17, 15) is 4.79 Å².